The predicted octanol–water partition coefficient (Wildman–Crippen LogP) is 2.86. The largest absolute Gasteiger partial charge is 0.496 e. The molecule has 1 aromatic carbocycles. The summed E-state index contributed by atoms with van der Waals surface area (Å²) >= 11 is 1.33. The van der Waals surface area contributed by atoms with Crippen LogP contribution in [0.5, 0.6) is 5.75 Å². The van der Waals surface area contributed by atoms with E-state index in [1.807, 2.05) is 6.26 Å². The van der Waals surface area contributed by atoms with Gasteiger partial charge in [0.2, 0.25) is 5.76 Å². The van der Waals surface area contributed by atoms with E-state index in [0.717, 1.165) is 5.39 Å². The molecule has 0 saturated heterocycles. The molecule has 0 radical (unpaired) electrons. The average Bonchev–Trinajstić information content (AvgIpc) is 2.67. The summed E-state index contributed by atoms with van der Waals surface area (Å²) in [5, 5.41) is 9.73. The van der Waals surface area contributed by atoms with E-state index in [1.54, 1.807) is 25.3 Å². The highest BCUT2D eigenvalue weighted by Gasteiger charge is 2.21. The summed E-state index contributed by atoms with van der Waals surface area (Å²) in [4.78, 5) is 11.6. The number of aromatic carboxylic acids is 1. The van der Waals surface area contributed by atoms with Crippen LogP contribution in [-0.2, 0) is 0 Å². The fourth-order valence-corrected chi connectivity index (χ4v) is 2.31. The molecule has 0 aliphatic rings. The van der Waals surface area contributed by atoms with Crippen LogP contribution in [0.3, 0.4) is 0 Å². The Balaban J connectivity index is 2.83. The van der Waals surface area contributed by atoms with Gasteiger partial charge in [0.25, 0.3) is 0 Å². The Morgan fingerprint density at radius 1 is 1.50 bits per heavy atom. The summed E-state index contributed by atoms with van der Waals surface area (Å²) < 4.78 is 10.5. The molecule has 0 fully saturated rings. The fraction of sp³-hybridized carbons (Fsp3) is 0.182. The first-order valence-electron chi connectivity index (χ1n) is 4.55. The highest BCUT2D eigenvalue weighted by molar-refractivity contribution is 7.99. The lowest BCUT2D eigenvalue weighted by Crippen LogP contribution is -1.94. The van der Waals surface area contributed by atoms with Crippen LogP contribution in [-0.4, -0.2) is 24.4 Å². The van der Waals surface area contributed by atoms with Gasteiger partial charge in [-0.05, 0) is 18.4 Å². The minimum Gasteiger partial charge on any atom is -0.496 e. The Morgan fingerprint density at radius 2 is 2.25 bits per heavy atom. The van der Waals surface area contributed by atoms with Crippen LogP contribution in [0.2, 0.25) is 0 Å². The van der Waals surface area contributed by atoms with Crippen molar-refractivity contribution in [2.24, 2.45) is 0 Å². The molecule has 1 N–H and O–H groups in total. The van der Waals surface area contributed by atoms with Crippen LogP contribution >= 0.6 is 11.8 Å². The maximum atomic E-state index is 11.0. The quantitative estimate of drug-likeness (QED) is 0.833. The second-order valence-electron chi connectivity index (χ2n) is 3.10. The van der Waals surface area contributed by atoms with E-state index >= 15 is 0 Å². The highest BCUT2D eigenvalue weighted by atomic mass is 32.2. The van der Waals surface area contributed by atoms with Crippen LogP contribution in [0.15, 0.2) is 27.5 Å². The average molecular weight is 238 g/mol. The van der Waals surface area contributed by atoms with Crippen LogP contribution in [0.4, 0.5) is 0 Å². The van der Waals surface area contributed by atoms with Gasteiger partial charge in [-0.25, -0.2) is 4.79 Å². The Morgan fingerprint density at radius 3 is 2.81 bits per heavy atom. The fourth-order valence-electron chi connectivity index (χ4n) is 1.60. The van der Waals surface area contributed by atoms with Crippen molar-refractivity contribution in [2.45, 2.75) is 4.90 Å². The maximum absolute atomic E-state index is 11.0. The first kappa shape index (κ1) is 10.9. The molecule has 0 saturated carbocycles. The van der Waals surface area contributed by atoms with E-state index in [2.05, 4.69) is 0 Å². The number of carboxylic acid groups (broad SMARTS) is 1. The van der Waals surface area contributed by atoms with Crippen molar-refractivity contribution < 1.29 is 19.1 Å². The topological polar surface area (TPSA) is 59.7 Å². The van der Waals surface area contributed by atoms with Gasteiger partial charge in [-0.2, -0.15) is 0 Å². The molecule has 0 aliphatic heterocycles. The monoisotopic (exact) mass is 238 g/mol. The van der Waals surface area contributed by atoms with Crippen molar-refractivity contribution in [1.29, 1.82) is 0 Å². The number of thioether (sulfide) groups is 1. The number of carbonyl (C=O) groups is 1. The van der Waals surface area contributed by atoms with Gasteiger partial charge in [0, 0.05) is 0 Å². The molecule has 0 unspecified atom stereocenters. The lowest BCUT2D eigenvalue weighted by Gasteiger charge is -2.01. The number of hydrogen-bond acceptors (Lipinski definition) is 4. The van der Waals surface area contributed by atoms with Gasteiger partial charge in [-0.3, -0.25) is 0 Å². The number of hydrogen-bond donors (Lipinski definition) is 1. The number of furan rings is 1. The smallest absolute Gasteiger partial charge is 0.373 e. The summed E-state index contributed by atoms with van der Waals surface area (Å²) in [7, 11) is 1.55. The first-order chi connectivity index (χ1) is 7.69. The minimum atomic E-state index is -1.07. The molecular weight excluding hydrogens is 228 g/mol. The predicted molar refractivity (Wildman–Crippen MR) is 61.5 cm³/mol. The van der Waals surface area contributed by atoms with Crippen molar-refractivity contribution in [1.82, 2.24) is 0 Å². The van der Waals surface area contributed by atoms with Gasteiger partial charge < -0.3 is 14.3 Å². The summed E-state index contributed by atoms with van der Waals surface area (Å²) in [6.45, 7) is 0. The SMILES string of the molecule is COc1cccc2oc(C(=O)O)c(SC)c12. The van der Waals surface area contributed by atoms with Gasteiger partial charge >= 0.3 is 5.97 Å². The third-order valence-electron chi connectivity index (χ3n) is 2.25. The Hall–Kier alpha value is -1.62. The summed E-state index contributed by atoms with van der Waals surface area (Å²) in [6, 6.07) is 5.27. The second-order valence-corrected chi connectivity index (χ2v) is 3.92. The number of carboxylic acids is 1. The lowest BCUT2D eigenvalue weighted by molar-refractivity contribution is 0.0660. The van der Waals surface area contributed by atoms with E-state index in [9.17, 15) is 4.79 Å². The zero-order valence-electron chi connectivity index (χ0n) is 8.81. The molecule has 16 heavy (non-hydrogen) atoms. The van der Waals surface area contributed by atoms with E-state index in [1.165, 1.54) is 11.8 Å². The number of benzene rings is 1. The number of fused-ring (bicyclic) bond motifs is 1. The first-order valence-corrected chi connectivity index (χ1v) is 5.78. The summed E-state index contributed by atoms with van der Waals surface area (Å²) in [5.74, 6) is -0.479. The van der Waals surface area contributed by atoms with Crippen molar-refractivity contribution >= 4 is 28.7 Å². The Kier molecular flexibility index (Phi) is 2.78. The zero-order chi connectivity index (χ0) is 11.7. The molecule has 0 aliphatic carbocycles. The van der Waals surface area contributed by atoms with Crippen LogP contribution < -0.4 is 4.74 Å². The van der Waals surface area contributed by atoms with Gasteiger partial charge in [0.1, 0.15) is 11.3 Å². The third kappa shape index (κ3) is 1.53. The van der Waals surface area contributed by atoms with Gasteiger partial charge in [0.15, 0.2) is 0 Å². The summed E-state index contributed by atoms with van der Waals surface area (Å²) in [5.41, 5.74) is 0.529. The van der Waals surface area contributed by atoms with Crippen LogP contribution in [0.25, 0.3) is 11.0 Å². The second kappa shape index (κ2) is 4.09. The van der Waals surface area contributed by atoms with E-state index in [4.69, 9.17) is 14.3 Å². The van der Waals surface area contributed by atoms with Crippen molar-refractivity contribution in [3.05, 3.63) is 24.0 Å². The van der Waals surface area contributed by atoms with E-state index in [-0.39, 0.29) is 5.76 Å². The van der Waals surface area contributed by atoms with Gasteiger partial charge in [-0.15, -0.1) is 11.8 Å². The lowest BCUT2D eigenvalue weighted by atomic mass is 10.2. The molecule has 1 aromatic heterocycles. The Bertz CT molecular complexity index is 544. The molecule has 84 valence electrons. The highest BCUT2D eigenvalue weighted by Crippen LogP contribution is 2.38. The van der Waals surface area contributed by atoms with E-state index in [0.29, 0.717) is 16.2 Å². The molecular formula is C11H10O4S. The molecule has 4 nitrogen and oxygen atoms in total. The number of rotatable bonds is 3. The van der Waals surface area contributed by atoms with Gasteiger partial charge in [-0.1, -0.05) is 6.07 Å². The van der Waals surface area contributed by atoms with Crippen molar-refractivity contribution in [3.63, 3.8) is 0 Å². The van der Waals surface area contributed by atoms with Crippen molar-refractivity contribution in [2.75, 3.05) is 13.4 Å². The number of ether oxygens (including phenoxy) is 1. The van der Waals surface area contributed by atoms with E-state index < -0.39 is 5.97 Å². The van der Waals surface area contributed by atoms with Crippen LogP contribution in [0.1, 0.15) is 10.6 Å². The molecule has 0 bridgehead atoms. The normalized spacial score (nSPS) is 10.6. The molecule has 5 heteroatoms. The summed E-state index contributed by atoms with van der Waals surface area (Å²) in [6.07, 6.45) is 1.81. The van der Waals surface area contributed by atoms with Gasteiger partial charge in [0.05, 0.1) is 17.4 Å². The Labute approximate surface area is 96.2 Å². The zero-order valence-corrected chi connectivity index (χ0v) is 9.63. The van der Waals surface area contributed by atoms with Crippen LogP contribution in [0, 0.1) is 0 Å². The standard InChI is InChI=1S/C11H10O4S/c1-14-6-4-3-5-7-8(6)10(16-2)9(15-7)11(12)13/h3-5H,1-2H3,(H,12,13). The molecule has 0 atom stereocenters. The third-order valence-corrected chi connectivity index (χ3v) is 3.05. The molecule has 2 rings (SSSR count). The molecule has 0 amide bonds. The number of methoxy groups -OCH3 is 1. The molecule has 1 heterocycles. The minimum absolute atomic E-state index is 0.0352. The molecule has 2 aromatic rings. The van der Waals surface area contributed by atoms with Crippen molar-refractivity contribution in [3.8, 4) is 5.75 Å². The molecule has 0 spiro atoms. The maximum Gasteiger partial charge on any atom is 0.373 e.